The van der Waals surface area contributed by atoms with Gasteiger partial charge >= 0.3 is 23.9 Å². The Morgan fingerprint density at radius 2 is 1.90 bits per heavy atom. The van der Waals surface area contributed by atoms with Crippen molar-refractivity contribution in [3.05, 3.63) is 35.1 Å². The van der Waals surface area contributed by atoms with Crippen molar-refractivity contribution in [3.63, 3.8) is 0 Å². The second-order valence-electron chi connectivity index (χ2n) is 10.4. The van der Waals surface area contributed by atoms with Gasteiger partial charge in [0.1, 0.15) is 5.76 Å². The molecule has 0 aromatic heterocycles. The van der Waals surface area contributed by atoms with E-state index < -0.39 is 59.6 Å². The van der Waals surface area contributed by atoms with Crippen molar-refractivity contribution in [2.45, 2.75) is 82.3 Å². The molecule has 212 valence electrons. The zero-order valence-corrected chi connectivity index (χ0v) is 22.4. The molecule has 39 heavy (non-hydrogen) atoms. The van der Waals surface area contributed by atoms with Crippen LogP contribution >= 0.6 is 0 Å². The molecule has 4 rings (SSSR count). The predicted octanol–water partition coefficient (Wildman–Crippen LogP) is 1.32. The summed E-state index contributed by atoms with van der Waals surface area (Å²) in [6.45, 7) is 6.63. The Labute approximate surface area is 225 Å². The first-order valence-corrected chi connectivity index (χ1v) is 12.7. The van der Waals surface area contributed by atoms with Gasteiger partial charge in [0.15, 0.2) is 23.7 Å². The molecular weight excluding hydrogens is 514 g/mol. The van der Waals surface area contributed by atoms with E-state index in [0.717, 1.165) is 12.5 Å². The molecule has 0 radical (unpaired) electrons. The van der Waals surface area contributed by atoms with Crippen LogP contribution in [0.1, 0.15) is 51.2 Å². The first kappa shape index (κ1) is 28.4. The monoisotopic (exact) mass is 547 g/mol. The minimum Gasteiger partial charge on any atom is -0.504 e. The number of likely N-dealkylation sites (N-methyl/N-ethyl adjacent to an activating group) is 1. The Morgan fingerprint density at radius 1 is 1.21 bits per heavy atom. The highest BCUT2D eigenvalue weighted by molar-refractivity contribution is 5.86. The second kappa shape index (κ2) is 10.2. The van der Waals surface area contributed by atoms with Crippen molar-refractivity contribution < 1.29 is 53.4 Å². The van der Waals surface area contributed by atoms with E-state index in [4.69, 9.17) is 24.1 Å². The fourth-order valence-corrected chi connectivity index (χ4v) is 6.03. The van der Waals surface area contributed by atoms with Crippen LogP contribution in [0.25, 0.3) is 0 Å². The molecule has 2 unspecified atom stereocenters. The number of carboxylic acids is 1. The molecule has 3 N–H and O–H groups in total. The number of carbonyl (C=O) groups is 4. The number of hydrogen-bond acceptors (Lipinski definition) is 11. The number of phenolic OH excluding ortho intramolecular Hbond substituents is 1. The van der Waals surface area contributed by atoms with Gasteiger partial charge in [0.05, 0.1) is 17.4 Å². The first-order valence-electron chi connectivity index (χ1n) is 12.7. The number of aromatic hydroxyl groups is 1. The largest absolute Gasteiger partial charge is 0.504 e. The number of aryl methyl sites for hydroxylation is 1. The number of esters is 3. The van der Waals surface area contributed by atoms with Crippen LogP contribution in [0.4, 0.5) is 0 Å². The normalized spacial score (nSPS) is 28.9. The summed E-state index contributed by atoms with van der Waals surface area (Å²) in [7, 11) is 1.92. The van der Waals surface area contributed by atoms with Gasteiger partial charge in [-0.25, -0.2) is 9.59 Å². The maximum Gasteiger partial charge on any atom is 0.352 e. The molecule has 0 saturated carbocycles. The van der Waals surface area contributed by atoms with Gasteiger partial charge in [0.25, 0.3) is 0 Å². The molecule has 1 spiro atoms. The molecule has 1 aromatic rings. The lowest BCUT2D eigenvalue weighted by molar-refractivity contribution is -0.180. The average molecular weight is 548 g/mol. The van der Waals surface area contributed by atoms with E-state index >= 15 is 0 Å². The first-order chi connectivity index (χ1) is 18.2. The van der Waals surface area contributed by atoms with Crippen LogP contribution in [0.15, 0.2) is 24.0 Å². The van der Waals surface area contributed by atoms with Gasteiger partial charge in [-0.05, 0) is 58.5 Å². The third kappa shape index (κ3) is 4.61. The van der Waals surface area contributed by atoms with Crippen molar-refractivity contribution in [1.82, 2.24) is 4.90 Å². The fourth-order valence-electron chi connectivity index (χ4n) is 6.03. The van der Waals surface area contributed by atoms with E-state index in [1.807, 2.05) is 25.8 Å². The Kier molecular flexibility index (Phi) is 7.39. The van der Waals surface area contributed by atoms with Crippen LogP contribution in [0, 0.1) is 6.92 Å². The fraction of sp³-hybridized carbons (Fsp3) is 0.556. The highest BCUT2D eigenvalue weighted by Gasteiger charge is 2.69. The average Bonchev–Trinajstić information content (AvgIpc) is 3.22. The van der Waals surface area contributed by atoms with E-state index in [1.165, 1.54) is 13.0 Å². The van der Waals surface area contributed by atoms with Gasteiger partial charge in [-0.3, -0.25) is 9.59 Å². The molecular formula is C27H33NO11. The molecule has 1 aromatic carbocycles. The summed E-state index contributed by atoms with van der Waals surface area (Å²) in [5.41, 5.74) is -0.890. The Bertz CT molecular complexity index is 1230. The molecule has 2 heterocycles. The summed E-state index contributed by atoms with van der Waals surface area (Å²) in [5.74, 6) is -4.26. The zero-order valence-electron chi connectivity index (χ0n) is 22.4. The molecule has 12 heteroatoms. The topological polar surface area (TPSA) is 169 Å². The summed E-state index contributed by atoms with van der Waals surface area (Å²) < 4.78 is 21.7. The molecule has 2 aliphatic heterocycles. The van der Waals surface area contributed by atoms with Crippen molar-refractivity contribution in [2.24, 2.45) is 0 Å². The van der Waals surface area contributed by atoms with Crippen molar-refractivity contribution in [2.75, 3.05) is 13.6 Å². The lowest BCUT2D eigenvalue weighted by Gasteiger charge is -2.58. The van der Waals surface area contributed by atoms with Gasteiger partial charge in [-0.15, -0.1) is 0 Å². The molecule has 12 nitrogen and oxygen atoms in total. The summed E-state index contributed by atoms with van der Waals surface area (Å²) in [6, 6.07) is 2.96. The third-order valence-electron chi connectivity index (χ3n) is 8.11. The number of aliphatic hydroxyl groups is 1. The number of carboxylic acid groups (broad SMARTS) is 1. The standard InChI is InChI=1S/C27H33NO11/c1-13-6-7-17(30)22-21(13)26-10-11-28(5)15(3)27(26,35)9-8-18(23(26)39-22)38-24(33)14(2)36-25(34)19(12-20(31)32)37-16(4)29/h6-8,14-15,19,23,30,35H,9-12H2,1-5H3,(H,31,32)/t14-,15+,19-,23?,26?,27+/m0/s1. The molecule has 1 aliphatic carbocycles. The van der Waals surface area contributed by atoms with Gasteiger partial charge in [0.2, 0.25) is 6.10 Å². The highest BCUT2D eigenvalue weighted by Crippen LogP contribution is 2.62. The van der Waals surface area contributed by atoms with Crippen molar-refractivity contribution in [3.8, 4) is 11.5 Å². The minimum atomic E-state index is -1.73. The van der Waals surface area contributed by atoms with E-state index in [2.05, 4.69) is 0 Å². The Morgan fingerprint density at radius 3 is 2.54 bits per heavy atom. The molecule has 0 bridgehead atoms. The zero-order chi connectivity index (χ0) is 28.9. The number of ether oxygens (including phenoxy) is 4. The molecule has 1 saturated heterocycles. The summed E-state index contributed by atoms with van der Waals surface area (Å²) >= 11 is 0. The number of benzene rings is 1. The molecule has 6 atom stereocenters. The minimum absolute atomic E-state index is 0.0985. The van der Waals surface area contributed by atoms with Gasteiger partial charge in [-0.1, -0.05) is 6.07 Å². The summed E-state index contributed by atoms with van der Waals surface area (Å²) in [6.07, 6.45) is -2.88. The highest BCUT2D eigenvalue weighted by atomic mass is 16.6. The van der Waals surface area contributed by atoms with Crippen LogP contribution in [-0.2, 0) is 38.8 Å². The van der Waals surface area contributed by atoms with Crippen LogP contribution in [0.2, 0.25) is 0 Å². The SMILES string of the molecule is CC(=O)O[C@@H](CC(=O)O)C(=O)O[C@@H](C)C(=O)OC1=CC[C@@]2(O)[C@@H](C)N(C)CCC23c2c(C)ccc(O)c2OC13. The number of nitrogens with zero attached hydrogens (tertiary/aromatic N) is 1. The van der Waals surface area contributed by atoms with Crippen LogP contribution in [0.5, 0.6) is 11.5 Å². The predicted molar refractivity (Wildman–Crippen MR) is 133 cm³/mol. The number of aliphatic carboxylic acids is 1. The van der Waals surface area contributed by atoms with Gasteiger partial charge < -0.3 is 39.2 Å². The van der Waals surface area contributed by atoms with E-state index in [0.29, 0.717) is 18.5 Å². The maximum absolute atomic E-state index is 13.0. The lowest BCUT2D eigenvalue weighted by atomic mass is 9.54. The number of rotatable bonds is 7. The van der Waals surface area contributed by atoms with Gasteiger partial charge in [-0.2, -0.15) is 0 Å². The van der Waals surface area contributed by atoms with E-state index in [1.54, 1.807) is 12.1 Å². The van der Waals surface area contributed by atoms with Crippen molar-refractivity contribution >= 4 is 23.9 Å². The quantitative estimate of drug-likeness (QED) is 0.331. The summed E-state index contributed by atoms with van der Waals surface area (Å²) in [5, 5.41) is 31.8. The maximum atomic E-state index is 13.0. The van der Waals surface area contributed by atoms with Crippen LogP contribution in [0.3, 0.4) is 0 Å². The molecule has 3 aliphatic rings. The third-order valence-corrected chi connectivity index (χ3v) is 8.11. The smallest absolute Gasteiger partial charge is 0.352 e. The van der Waals surface area contributed by atoms with Crippen molar-refractivity contribution in [1.29, 1.82) is 0 Å². The number of phenols is 1. The van der Waals surface area contributed by atoms with Crippen LogP contribution < -0.4 is 4.74 Å². The summed E-state index contributed by atoms with van der Waals surface area (Å²) in [4.78, 5) is 49.8. The molecule has 0 amide bonds. The number of likely N-dealkylation sites (tertiary alicyclic amines) is 1. The second-order valence-corrected chi connectivity index (χ2v) is 10.4. The van der Waals surface area contributed by atoms with E-state index in [-0.39, 0.29) is 29.7 Å². The number of carbonyl (C=O) groups excluding carboxylic acids is 3. The number of fused-ring (bicyclic) bond motifs is 1. The number of hydrogen-bond donors (Lipinski definition) is 3. The van der Waals surface area contributed by atoms with Crippen LogP contribution in [-0.4, -0.2) is 87.6 Å². The van der Waals surface area contributed by atoms with Gasteiger partial charge in [0, 0.05) is 24.9 Å². The Hall–Kier alpha value is -3.64. The van der Waals surface area contributed by atoms with E-state index in [9.17, 15) is 29.4 Å². The lowest BCUT2D eigenvalue weighted by Crippen LogP contribution is -2.71. The number of piperidine rings is 1. The Balaban J connectivity index is 1.62. The molecule has 1 fully saturated rings.